The fourth-order valence-electron chi connectivity index (χ4n) is 11.1. The molecule has 0 saturated carbocycles. The molecule has 2 aliphatic rings. The van der Waals surface area contributed by atoms with Crippen molar-refractivity contribution < 1.29 is 116 Å². The Labute approximate surface area is 629 Å². The molecule has 0 bridgehead atoms. The molecule has 610 valence electrons. The number of allylic oxidation sites excluding steroid dienone is 4. The van der Waals surface area contributed by atoms with Crippen LogP contribution >= 0.6 is 0 Å². The Morgan fingerprint density at radius 2 is 0.543 bits per heavy atom. The zero-order valence-electron chi connectivity index (χ0n) is 66.1. The van der Waals surface area contributed by atoms with Crippen molar-refractivity contribution in [2.24, 2.45) is 0 Å². The molecule has 0 spiro atoms. The van der Waals surface area contributed by atoms with Gasteiger partial charge in [-0.15, -0.1) is 0 Å². The lowest BCUT2D eigenvalue weighted by molar-refractivity contribution is -0.166. The molecule has 0 aromatic carbocycles. The molecule has 105 heavy (non-hydrogen) atoms. The number of carbonyl (C=O) groups excluding carboxylic acids is 9. The average molecular weight is 1500 g/mol. The molecule has 24 nitrogen and oxygen atoms in total. The van der Waals surface area contributed by atoms with Gasteiger partial charge in [-0.05, 0) is 131 Å². The number of unbranched alkanes of at least 4 members (excludes halogenated alkanes) is 26. The van der Waals surface area contributed by atoms with E-state index in [9.17, 15) is 63.6 Å². The molecular formula is C81H142O24. The number of carbonyl (C=O) groups is 9. The van der Waals surface area contributed by atoms with Gasteiger partial charge in [0.15, 0.2) is 18.3 Å². The summed E-state index contributed by atoms with van der Waals surface area (Å²) in [6.45, 7) is 14.4. The van der Waals surface area contributed by atoms with Crippen molar-refractivity contribution in [3.05, 3.63) is 24.3 Å². The van der Waals surface area contributed by atoms with E-state index in [-0.39, 0.29) is 76.4 Å². The highest BCUT2D eigenvalue weighted by molar-refractivity contribution is 5.72. The summed E-state index contributed by atoms with van der Waals surface area (Å²) >= 11 is 0. The Hall–Kier alpha value is -5.53. The van der Waals surface area contributed by atoms with E-state index in [1.165, 1.54) is 33.6 Å². The van der Waals surface area contributed by atoms with Gasteiger partial charge in [0, 0.05) is 59.3 Å². The smallest absolute Gasteiger partial charge is 0.306 e. The quantitative estimate of drug-likeness (QED) is 0.0144. The molecule has 0 amide bonds. The van der Waals surface area contributed by atoms with Gasteiger partial charge in [0.1, 0.15) is 39.6 Å². The van der Waals surface area contributed by atoms with E-state index < -0.39 is 72.6 Å². The van der Waals surface area contributed by atoms with Crippen LogP contribution in [0.1, 0.15) is 332 Å². The van der Waals surface area contributed by atoms with E-state index in [1.54, 1.807) is 13.8 Å². The van der Waals surface area contributed by atoms with Gasteiger partial charge in [-0.3, -0.25) is 43.2 Å². The second kappa shape index (κ2) is 67.8. The van der Waals surface area contributed by atoms with Crippen LogP contribution in [0.2, 0.25) is 0 Å². The molecule has 2 saturated heterocycles. The van der Waals surface area contributed by atoms with Crippen LogP contribution in [-0.2, 0) is 95.3 Å². The van der Waals surface area contributed by atoms with E-state index in [0.717, 1.165) is 193 Å². The Morgan fingerprint density at radius 3 is 0.781 bits per heavy atom. The van der Waals surface area contributed by atoms with Crippen LogP contribution < -0.4 is 0 Å². The zero-order valence-corrected chi connectivity index (χ0v) is 66.1. The van der Waals surface area contributed by atoms with Crippen LogP contribution in [0.25, 0.3) is 0 Å². The number of aliphatic hydroxyl groups is 4. The van der Waals surface area contributed by atoms with Crippen LogP contribution in [0, 0.1) is 0 Å². The van der Waals surface area contributed by atoms with Gasteiger partial charge in [-0.2, -0.15) is 0 Å². The number of hydrogen-bond donors (Lipinski definition) is 4. The average Bonchev–Trinajstić information content (AvgIpc) is 1.73. The van der Waals surface area contributed by atoms with Gasteiger partial charge in [-0.1, -0.05) is 166 Å². The summed E-state index contributed by atoms with van der Waals surface area (Å²) in [4.78, 5) is 106. The van der Waals surface area contributed by atoms with Crippen LogP contribution in [0.15, 0.2) is 24.3 Å². The van der Waals surface area contributed by atoms with E-state index in [1.807, 2.05) is 13.8 Å². The van der Waals surface area contributed by atoms with Gasteiger partial charge < -0.3 is 72.5 Å². The van der Waals surface area contributed by atoms with Crippen LogP contribution in [0.3, 0.4) is 0 Å². The lowest BCUT2D eigenvalue weighted by Gasteiger charge is -2.18. The van der Waals surface area contributed by atoms with E-state index >= 15 is 0 Å². The summed E-state index contributed by atoms with van der Waals surface area (Å²) in [5.41, 5.74) is 0. The Morgan fingerprint density at radius 1 is 0.324 bits per heavy atom. The van der Waals surface area contributed by atoms with Crippen LogP contribution in [-0.4, -0.2) is 181 Å². The van der Waals surface area contributed by atoms with E-state index in [4.69, 9.17) is 52.1 Å². The SMILES string of the molecule is CC(=O)OCC(COC(=O)CCCCCCCC(O)C(C)O)OC(=O)CCCCCCCC(O)C(C)O.CC(=O)OCC(COC(=O)CCCCCCCC1OC1C)OC(=O)CCCCCCCC1OC1C.CC=CCCCCCCCC(=O)OCC(COC(C)=O)OC(=O)CCCCCCCC=CC. The highest BCUT2D eigenvalue weighted by Crippen LogP contribution is 2.28. The van der Waals surface area contributed by atoms with Crippen molar-refractivity contribution in [1.29, 1.82) is 0 Å². The van der Waals surface area contributed by atoms with Crippen molar-refractivity contribution in [1.82, 2.24) is 0 Å². The summed E-state index contributed by atoms with van der Waals surface area (Å²) in [6.07, 6.45) is 41.1. The first-order chi connectivity index (χ1) is 50.4. The summed E-state index contributed by atoms with van der Waals surface area (Å²) in [5, 5.41) is 37.6. The van der Waals surface area contributed by atoms with Gasteiger partial charge in [0.05, 0.1) is 48.8 Å². The molecule has 11 atom stereocenters. The minimum absolute atomic E-state index is 0.0911. The number of ether oxygens (including phenoxy) is 11. The molecule has 4 N–H and O–H groups in total. The maximum absolute atomic E-state index is 12.2. The van der Waals surface area contributed by atoms with Crippen LogP contribution in [0.5, 0.6) is 0 Å². The minimum atomic E-state index is -0.859. The number of aliphatic hydroxyl groups excluding tert-OH is 4. The number of esters is 9. The fourth-order valence-corrected chi connectivity index (χ4v) is 11.1. The third-order valence-electron chi connectivity index (χ3n) is 17.9. The maximum atomic E-state index is 12.2. The topological polar surface area (TPSA) is 343 Å². The normalized spacial score (nSPS) is 17.0. The van der Waals surface area contributed by atoms with Crippen molar-refractivity contribution in [2.45, 2.75) is 399 Å². The predicted molar refractivity (Wildman–Crippen MR) is 400 cm³/mol. The molecule has 0 aromatic rings. The predicted octanol–water partition coefficient (Wildman–Crippen LogP) is 14.6. The van der Waals surface area contributed by atoms with Gasteiger partial charge in [0.25, 0.3) is 0 Å². The molecular weight excluding hydrogens is 1360 g/mol. The first kappa shape index (κ1) is 99.5. The largest absolute Gasteiger partial charge is 0.462 e. The fraction of sp³-hybridized carbons (Fsp3) is 0.840. The lowest BCUT2D eigenvalue weighted by Crippen LogP contribution is -2.30. The molecule has 0 radical (unpaired) electrons. The lowest BCUT2D eigenvalue weighted by atomic mass is 10.0. The monoisotopic (exact) mass is 1500 g/mol. The standard InChI is InChI=1S/C27H50O10.C27H46O8.C27H46O6/c1-20(28)24(31)14-10-6-4-8-12-16-26(33)36-19-23(18-35-22(3)30)37-27(34)17-13-9-5-7-11-15-25(32)21(2)29;1-20-24(33-20)14-10-6-4-8-12-16-26(29)32-19-23(18-31-22(3)28)35-27(30)17-13-9-5-7-11-15-25-21(2)34-25;1-4-6-8-10-12-14-16-18-20-26(29)32-23-25(22-31-24(3)28)33-27(30)21-19-17-15-13-11-9-7-5-2/h20-21,23-25,28-29,31-32H,4-19H2,1-3H3;20-21,23-25H,4-19H2,1-3H3;4-7,25H,8-23H2,1-3H3. The first-order valence-electron chi connectivity index (χ1n) is 40.1. The molecule has 0 aliphatic carbocycles. The Bertz CT molecular complexity index is 2310. The van der Waals surface area contributed by atoms with Crippen molar-refractivity contribution in [3.63, 3.8) is 0 Å². The Kier molecular flexibility index (Phi) is 64.2. The summed E-state index contributed by atoms with van der Waals surface area (Å²) in [5.74, 6) is -3.65. The van der Waals surface area contributed by atoms with Crippen LogP contribution in [0.4, 0.5) is 0 Å². The summed E-state index contributed by atoms with van der Waals surface area (Å²) in [6, 6.07) is 0. The highest BCUT2D eigenvalue weighted by atomic mass is 16.6. The number of hydrogen-bond acceptors (Lipinski definition) is 24. The van der Waals surface area contributed by atoms with Gasteiger partial charge in [0.2, 0.25) is 0 Å². The first-order valence-corrected chi connectivity index (χ1v) is 40.1. The molecule has 2 aliphatic heterocycles. The van der Waals surface area contributed by atoms with Crippen molar-refractivity contribution in [2.75, 3.05) is 39.6 Å². The zero-order chi connectivity index (χ0) is 78.1. The second-order valence-corrected chi connectivity index (χ2v) is 28.1. The highest BCUT2D eigenvalue weighted by Gasteiger charge is 2.34. The third kappa shape index (κ3) is 67.6. The van der Waals surface area contributed by atoms with Crippen molar-refractivity contribution in [3.8, 4) is 0 Å². The third-order valence-corrected chi connectivity index (χ3v) is 17.9. The molecule has 2 heterocycles. The van der Waals surface area contributed by atoms with Crippen molar-refractivity contribution >= 4 is 53.7 Å². The Balaban J connectivity index is 0.00000155. The molecule has 2 fully saturated rings. The van der Waals surface area contributed by atoms with E-state index in [2.05, 4.69) is 38.2 Å². The number of epoxide rings is 2. The molecule has 2 rings (SSSR count). The molecule has 24 heteroatoms. The van der Waals surface area contributed by atoms with E-state index in [0.29, 0.717) is 75.8 Å². The minimum Gasteiger partial charge on any atom is -0.462 e. The summed E-state index contributed by atoms with van der Waals surface area (Å²) < 4.78 is 57.6. The molecule has 0 aromatic heterocycles. The van der Waals surface area contributed by atoms with Gasteiger partial charge >= 0.3 is 53.7 Å². The number of rotatable bonds is 65. The molecule has 11 unspecified atom stereocenters. The summed E-state index contributed by atoms with van der Waals surface area (Å²) in [7, 11) is 0. The van der Waals surface area contributed by atoms with Gasteiger partial charge in [-0.25, -0.2) is 0 Å². The maximum Gasteiger partial charge on any atom is 0.306 e. The second-order valence-electron chi connectivity index (χ2n) is 28.1.